The number of rotatable bonds is 5. The molecule has 0 radical (unpaired) electrons. The Bertz CT molecular complexity index is 237. The lowest BCUT2D eigenvalue weighted by atomic mass is 9.66. The number of aliphatic hydroxyl groups excluding tert-OH is 2. The Kier molecular flexibility index (Phi) is 4.74. The van der Waals surface area contributed by atoms with Crippen LogP contribution in [-0.4, -0.2) is 34.0 Å². The van der Waals surface area contributed by atoms with Crippen molar-refractivity contribution in [3.8, 4) is 0 Å². The van der Waals surface area contributed by atoms with Gasteiger partial charge in [-0.05, 0) is 25.2 Å². The van der Waals surface area contributed by atoms with Crippen molar-refractivity contribution in [1.29, 1.82) is 0 Å². The Balaban J connectivity index is 2.75. The lowest BCUT2D eigenvalue weighted by molar-refractivity contribution is -0.155. The summed E-state index contributed by atoms with van der Waals surface area (Å²) in [5.74, 6) is -0.381. The molecule has 1 aliphatic rings. The summed E-state index contributed by atoms with van der Waals surface area (Å²) in [4.78, 5) is 11.4. The quantitative estimate of drug-likeness (QED) is 0.667. The molecular formula is C12H22O4. The molecule has 0 aliphatic heterocycles. The first kappa shape index (κ1) is 13.5. The van der Waals surface area contributed by atoms with E-state index in [2.05, 4.69) is 6.92 Å². The van der Waals surface area contributed by atoms with Crippen LogP contribution < -0.4 is 0 Å². The number of aliphatic hydroxyl groups is 2. The fraction of sp³-hybridized carbons (Fsp3) is 0.917. The van der Waals surface area contributed by atoms with Gasteiger partial charge in [-0.25, -0.2) is 0 Å². The average Bonchev–Trinajstić information content (AvgIpc) is 2.28. The van der Waals surface area contributed by atoms with Crippen molar-refractivity contribution in [3.05, 3.63) is 0 Å². The first-order valence-electron chi connectivity index (χ1n) is 6.06. The van der Waals surface area contributed by atoms with Gasteiger partial charge in [-0.3, -0.25) is 4.79 Å². The first-order valence-corrected chi connectivity index (χ1v) is 6.06. The van der Waals surface area contributed by atoms with Gasteiger partial charge in [0.2, 0.25) is 0 Å². The monoisotopic (exact) mass is 230 g/mol. The highest BCUT2D eigenvalue weighted by atomic mass is 16.4. The SMILES string of the molecule is CCC1CCCC(CC(O)CO)(C(=O)O)C1. The van der Waals surface area contributed by atoms with Gasteiger partial charge in [0.05, 0.1) is 18.1 Å². The van der Waals surface area contributed by atoms with Gasteiger partial charge in [0.25, 0.3) is 0 Å². The first-order chi connectivity index (χ1) is 7.54. The summed E-state index contributed by atoms with van der Waals surface area (Å²) < 4.78 is 0. The zero-order valence-corrected chi connectivity index (χ0v) is 9.85. The number of hydrogen-bond donors (Lipinski definition) is 3. The van der Waals surface area contributed by atoms with E-state index in [9.17, 15) is 15.0 Å². The van der Waals surface area contributed by atoms with Crippen molar-refractivity contribution in [2.45, 2.75) is 51.6 Å². The zero-order valence-electron chi connectivity index (χ0n) is 9.85. The maximum atomic E-state index is 11.4. The minimum Gasteiger partial charge on any atom is -0.481 e. The summed E-state index contributed by atoms with van der Waals surface area (Å²) in [7, 11) is 0. The molecule has 0 aromatic heterocycles. The molecule has 4 nitrogen and oxygen atoms in total. The highest BCUT2D eigenvalue weighted by Gasteiger charge is 2.43. The van der Waals surface area contributed by atoms with Gasteiger partial charge in [-0.15, -0.1) is 0 Å². The van der Waals surface area contributed by atoms with E-state index in [0.29, 0.717) is 18.8 Å². The highest BCUT2D eigenvalue weighted by Crippen LogP contribution is 2.44. The van der Waals surface area contributed by atoms with E-state index >= 15 is 0 Å². The molecule has 0 heterocycles. The molecule has 0 amide bonds. The number of aliphatic carboxylic acids is 1. The Hall–Kier alpha value is -0.610. The van der Waals surface area contributed by atoms with E-state index in [1.165, 1.54) is 0 Å². The van der Waals surface area contributed by atoms with E-state index in [1.54, 1.807) is 0 Å². The molecule has 3 N–H and O–H groups in total. The molecule has 4 heteroatoms. The molecular weight excluding hydrogens is 208 g/mol. The Morgan fingerprint density at radius 3 is 2.75 bits per heavy atom. The van der Waals surface area contributed by atoms with Crippen LogP contribution in [0.2, 0.25) is 0 Å². The smallest absolute Gasteiger partial charge is 0.309 e. The molecule has 0 aromatic rings. The molecule has 3 unspecified atom stereocenters. The minimum absolute atomic E-state index is 0.176. The van der Waals surface area contributed by atoms with E-state index in [-0.39, 0.29) is 13.0 Å². The van der Waals surface area contributed by atoms with E-state index in [0.717, 1.165) is 19.3 Å². The molecule has 1 aliphatic carbocycles. The Morgan fingerprint density at radius 2 is 2.25 bits per heavy atom. The van der Waals surface area contributed by atoms with Crippen molar-refractivity contribution in [2.24, 2.45) is 11.3 Å². The van der Waals surface area contributed by atoms with Gasteiger partial charge in [-0.2, -0.15) is 0 Å². The lowest BCUT2D eigenvalue weighted by Gasteiger charge is -2.38. The topological polar surface area (TPSA) is 77.8 Å². The maximum absolute atomic E-state index is 11.4. The van der Waals surface area contributed by atoms with Crippen LogP contribution >= 0.6 is 0 Å². The molecule has 0 spiro atoms. The zero-order chi connectivity index (χ0) is 12.2. The lowest BCUT2D eigenvalue weighted by Crippen LogP contribution is -2.40. The van der Waals surface area contributed by atoms with Crippen molar-refractivity contribution >= 4 is 5.97 Å². The van der Waals surface area contributed by atoms with Gasteiger partial charge in [-0.1, -0.05) is 26.2 Å². The largest absolute Gasteiger partial charge is 0.481 e. The Labute approximate surface area is 96.3 Å². The van der Waals surface area contributed by atoms with Crippen LogP contribution in [-0.2, 0) is 4.79 Å². The van der Waals surface area contributed by atoms with Crippen LogP contribution in [0.5, 0.6) is 0 Å². The molecule has 1 rings (SSSR count). The van der Waals surface area contributed by atoms with Crippen LogP contribution in [0.1, 0.15) is 45.4 Å². The van der Waals surface area contributed by atoms with Crippen LogP contribution in [0.15, 0.2) is 0 Å². The van der Waals surface area contributed by atoms with Gasteiger partial charge < -0.3 is 15.3 Å². The third kappa shape index (κ3) is 2.95. The third-order valence-corrected chi connectivity index (χ3v) is 3.82. The second-order valence-electron chi connectivity index (χ2n) is 5.00. The minimum atomic E-state index is -0.910. The van der Waals surface area contributed by atoms with Crippen LogP contribution in [0.3, 0.4) is 0 Å². The molecule has 0 aromatic carbocycles. The molecule has 0 bridgehead atoms. The summed E-state index contributed by atoms with van der Waals surface area (Å²) >= 11 is 0. The standard InChI is InChI=1S/C12H22O4/c1-2-9-4-3-5-12(6-9,11(15)16)7-10(14)8-13/h9-10,13-14H,2-8H2,1H3,(H,15,16). The van der Waals surface area contributed by atoms with Gasteiger partial charge in [0.1, 0.15) is 0 Å². The van der Waals surface area contributed by atoms with Crippen LogP contribution in [0, 0.1) is 11.3 Å². The average molecular weight is 230 g/mol. The second kappa shape index (κ2) is 5.64. The molecule has 0 saturated heterocycles. The Morgan fingerprint density at radius 1 is 1.56 bits per heavy atom. The predicted molar refractivity (Wildman–Crippen MR) is 60.0 cm³/mol. The summed E-state index contributed by atoms with van der Waals surface area (Å²) in [5, 5.41) is 27.7. The number of carbonyl (C=O) groups is 1. The number of carboxylic acid groups (broad SMARTS) is 1. The normalized spacial score (nSPS) is 32.3. The molecule has 94 valence electrons. The fourth-order valence-corrected chi connectivity index (χ4v) is 2.82. The van der Waals surface area contributed by atoms with Gasteiger partial charge >= 0.3 is 5.97 Å². The van der Waals surface area contributed by atoms with Crippen molar-refractivity contribution in [2.75, 3.05) is 6.61 Å². The third-order valence-electron chi connectivity index (χ3n) is 3.82. The molecule has 1 saturated carbocycles. The van der Waals surface area contributed by atoms with Gasteiger partial charge in [0, 0.05) is 0 Å². The fourth-order valence-electron chi connectivity index (χ4n) is 2.82. The second-order valence-corrected chi connectivity index (χ2v) is 5.00. The number of hydrogen-bond acceptors (Lipinski definition) is 3. The molecule has 1 fully saturated rings. The maximum Gasteiger partial charge on any atom is 0.309 e. The molecule has 16 heavy (non-hydrogen) atoms. The van der Waals surface area contributed by atoms with E-state index in [4.69, 9.17) is 5.11 Å². The van der Waals surface area contributed by atoms with Crippen molar-refractivity contribution in [1.82, 2.24) is 0 Å². The summed E-state index contributed by atoms with van der Waals surface area (Å²) in [5.41, 5.74) is -0.818. The highest BCUT2D eigenvalue weighted by molar-refractivity contribution is 5.74. The summed E-state index contributed by atoms with van der Waals surface area (Å²) in [6, 6.07) is 0. The van der Waals surface area contributed by atoms with Crippen molar-refractivity contribution in [3.63, 3.8) is 0 Å². The number of carboxylic acids is 1. The summed E-state index contributed by atoms with van der Waals surface area (Å²) in [6.07, 6.45) is 3.50. The van der Waals surface area contributed by atoms with E-state index < -0.39 is 17.5 Å². The van der Waals surface area contributed by atoms with E-state index in [1.807, 2.05) is 0 Å². The predicted octanol–water partition coefficient (Wildman–Crippen LogP) is 1.40. The molecule has 3 atom stereocenters. The summed E-state index contributed by atoms with van der Waals surface area (Å²) in [6.45, 7) is 1.72. The van der Waals surface area contributed by atoms with Crippen LogP contribution in [0.25, 0.3) is 0 Å². The van der Waals surface area contributed by atoms with Crippen LogP contribution in [0.4, 0.5) is 0 Å². The van der Waals surface area contributed by atoms with Crippen molar-refractivity contribution < 1.29 is 20.1 Å². The van der Waals surface area contributed by atoms with Gasteiger partial charge in [0.15, 0.2) is 0 Å².